The van der Waals surface area contributed by atoms with Crippen LogP contribution in [-0.2, 0) is 0 Å². The van der Waals surface area contributed by atoms with Crippen LogP contribution in [0.1, 0.15) is 30.1 Å². The zero-order valence-electron chi connectivity index (χ0n) is 10.4. The quantitative estimate of drug-likeness (QED) is 0.830. The van der Waals surface area contributed by atoms with E-state index in [9.17, 15) is 9.18 Å². The second kappa shape index (κ2) is 4.94. The molecule has 4 nitrogen and oxygen atoms in total. The molecule has 0 saturated carbocycles. The average molecular weight is 251 g/mol. The summed E-state index contributed by atoms with van der Waals surface area (Å²) in [6.07, 6.45) is 1.66. The predicted molar refractivity (Wildman–Crippen MR) is 68.9 cm³/mol. The Labute approximate surface area is 106 Å². The number of hydrogen-bond donors (Lipinski definition) is 2. The Hall–Kier alpha value is -1.62. The van der Waals surface area contributed by atoms with Crippen LogP contribution in [0.4, 0.5) is 10.1 Å². The summed E-state index contributed by atoms with van der Waals surface area (Å²) in [5.74, 6) is -1.30. The van der Waals surface area contributed by atoms with E-state index in [-0.39, 0.29) is 17.6 Å². The number of hydrogen-bond acceptors (Lipinski definition) is 3. The fourth-order valence-corrected chi connectivity index (χ4v) is 2.56. The first-order chi connectivity index (χ1) is 8.50. The van der Waals surface area contributed by atoms with Crippen LogP contribution in [0.15, 0.2) is 18.2 Å². The molecule has 1 heterocycles. The summed E-state index contributed by atoms with van der Waals surface area (Å²) in [7, 11) is 0. The van der Waals surface area contributed by atoms with E-state index in [1.165, 1.54) is 6.07 Å². The molecule has 2 atom stereocenters. The van der Waals surface area contributed by atoms with Gasteiger partial charge in [-0.2, -0.15) is 0 Å². The van der Waals surface area contributed by atoms with Gasteiger partial charge in [0, 0.05) is 18.6 Å². The highest BCUT2D eigenvalue weighted by Gasteiger charge is 2.27. The monoisotopic (exact) mass is 251 g/mol. The standard InChI is InChI=1S/C13H18FN3O/c1-8-7-9(15)5-6-17(8)11-4-2-3-10(14)12(11)13(16)18/h2-4,8-9H,5-7,15H2,1H3,(H2,16,18). The molecule has 5 heteroatoms. The maximum absolute atomic E-state index is 13.7. The van der Waals surface area contributed by atoms with E-state index in [4.69, 9.17) is 11.5 Å². The van der Waals surface area contributed by atoms with Gasteiger partial charge < -0.3 is 16.4 Å². The Morgan fingerprint density at radius 2 is 2.22 bits per heavy atom. The molecule has 0 aromatic heterocycles. The molecule has 1 fully saturated rings. The summed E-state index contributed by atoms with van der Waals surface area (Å²) in [5.41, 5.74) is 11.7. The number of nitrogens with zero attached hydrogens (tertiary/aromatic N) is 1. The lowest BCUT2D eigenvalue weighted by atomic mass is 9.97. The van der Waals surface area contributed by atoms with Gasteiger partial charge >= 0.3 is 0 Å². The summed E-state index contributed by atoms with van der Waals surface area (Å²) < 4.78 is 13.7. The van der Waals surface area contributed by atoms with Gasteiger partial charge in [0.2, 0.25) is 0 Å². The summed E-state index contributed by atoms with van der Waals surface area (Å²) in [5, 5.41) is 0. The second-order valence-corrected chi connectivity index (χ2v) is 4.83. The summed E-state index contributed by atoms with van der Waals surface area (Å²) >= 11 is 0. The second-order valence-electron chi connectivity index (χ2n) is 4.83. The number of carbonyl (C=O) groups excluding carboxylic acids is 1. The van der Waals surface area contributed by atoms with Crippen molar-refractivity contribution in [3.05, 3.63) is 29.6 Å². The zero-order chi connectivity index (χ0) is 13.3. The van der Waals surface area contributed by atoms with Gasteiger partial charge in [-0.3, -0.25) is 4.79 Å². The molecule has 0 spiro atoms. The van der Waals surface area contributed by atoms with E-state index >= 15 is 0 Å². The fraction of sp³-hybridized carbons (Fsp3) is 0.462. The lowest BCUT2D eigenvalue weighted by Gasteiger charge is -2.38. The van der Waals surface area contributed by atoms with E-state index < -0.39 is 11.7 Å². The van der Waals surface area contributed by atoms with Gasteiger partial charge in [-0.15, -0.1) is 0 Å². The van der Waals surface area contributed by atoms with Crippen LogP contribution in [-0.4, -0.2) is 24.5 Å². The number of nitrogens with two attached hydrogens (primary N) is 2. The van der Waals surface area contributed by atoms with Crippen molar-refractivity contribution in [2.75, 3.05) is 11.4 Å². The van der Waals surface area contributed by atoms with Crippen LogP contribution < -0.4 is 16.4 Å². The van der Waals surface area contributed by atoms with Crippen LogP contribution in [0.3, 0.4) is 0 Å². The molecule has 18 heavy (non-hydrogen) atoms. The Morgan fingerprint density at radius 1 is 1.50 bits per heavy atom. The van der Waals surface area contributed by atoms with Gasteiger partial charge in [0.1, 0.15) is 5.82 Å². The first kappa shape index (κ1) is 12.8. The number of anilines is 1. The number of piperidine rings is 1. The molecule has 1 saturated heterocycles. The van der Waals surface area contributed by atoms with Gasteiger partial charge in [-0.1, -0.05) is 6.07 Å². The number of rotatable bonds is 2. The smallest absolute Gasteiger partial charge is 0.253 e. The predicted octanol–water partition coefficient (Wildman–Crippen LogP) is 1.24. The van der Waals surface area contributed by atoms with Crippen LogP contribution in [0, 0.1) is 5.82 Å². The van der Waals surface area contributed by atoms with Crippen molar-refractivity contribution in [1.29, 1.82) is 0 Å². The van der Waals surface area contributed by atoms with Crippen molar-refractivity contribution in [3.8, 4) is 0 Å². The molecule has 1 amide bonds. The molecule has 0 bridgehead atoms. The third-order valence-electron chi connectivity index (χ3n) is 3.46. The highest BCUT2D eigenvalue weighted by Crippen LogP contribution is 2.28. The van der Waals surface area contributed by atoms with E-state index in [1.54, 1.807) is 12.1 Å². The van der Waals surface area contributed by atoms with Gasteiger partial charge in [0.05, 0.1) is 11.3 Å². The Bertz CT molecular complexity index is 464. The highest BCUT2D eigenvalue weighted by atomic mass is 19.1. The SMILES string of the molecule is CC1CC(N)CCN1c1cccc(F)c1C(N)=O. The Balaban J connectivity index is 2.39. The minimum Gasteiger partial charge on any atom is -0.368 e. The Kier molecular flexibility index (Phi) is 3.52. The molecular formula is C13H18FN3O. The maximum Gasteiger partial charge on any atom is 0.253 e. The molecule has 1 aromatic rings. The molecule has 1 aliphatic rings. The minimum atomic E-state index is -0.731. The molecule has 4 N–H and O–H groups in total. The van der Waals surface area contributed by atoms with E-state index in [2.05, 4.69) is 0 Å². The van der Waals surface area contributed by atoms with E-state index in [0.29, 0.717) is 12.2 Å². The first-order valence-electron chi connectivity index (χ1n) is 6.11. The normalized spacial score (nSPS) is 24.1. The van der Waals surface area contributed by atoms with Crippen molar-refractivity contribution in [2.45, 2.75) is 31.8 Å². The summed E-state index contributed by atoms with van der Waals surface area (Å²) in [6.45, 7) is 2.74. The van der Waals surface area contributed by atoms with Gasteiger partial charge in [-0.25, -0.2) is 4.39 Å². The molecule has 1 aliphatic heterocycles. The number of carbonyl (C=O) groups is 1. The van der Waals surface area contributed by atoms with Crippen molar-refractivity contribution in [1.82, 2.24) is 0 Å². The molecule has 1 aromatic carbocycles. The number of halogens is 1. The van der Waals surface area contributed by atoms with Crippen LogP contribution in [0.5, 0.6) is 0 Å². The highest BCUT2D eigenvalue weighted by molar-refractivity contribution is 5.99. The van der Waals surface area contributed by atoms with Crippen LogP contribution in [0.25, 0.3) is 0 Å². The largest absolute Gasteiger partial charge is 0.368 e. The maximum atomic E-state index is 13.7. The van der Waals surface area contributed by atoms with Crippen LogP contribution in [0.2, 0.25) is 0 Å². The van der Waals surface area contributed by atoms with Crippen molar-refractivity contribution in [2.24, 2.45) is 11.5 Å². The average Bonchev–Trinajstić information content (AvgIpc) is 2.28. The number of benzene rings is 1. The summed E-state index contributed by atoms with van der Waals surface area (Å²) in [4.78, 5) is 13.4. The first-order valence-corrected chi connectivity index (χ1v) is 6.11. The molecule has 0 radical (unpaired) electrons. The van der Waals surface area contributed by atoms with E-state index in [1.807, 2.05) is 11.8 Å². The topological polar surface area (TPSA) is 72.3 Å². The fourth-order valence-electron chi connectivity index (χ4n) is 2.56. The minimum absolute atomic E-state index is 0.0279. The van der Waals surface area contributed by atoms with E-state index in [0.717, 1.165) is 12.8 Å². The Morgan fingerprint density at radius 3 is 2.83 bits per heavy atom. The molecular weight excluding hydrogens is 233 g/mol. The lowest BCUT2D eigenvalue weighted by molar-refractivity contribution is 0.0997. The van der Waals surface area contributed by atoms with Crippen molar-refractivity contribution >= 4 is 11.6 Å². The van der Waals surface area contributed by atoms with Gasteiger partial charge in [0.15, 0.2) is 0 Å². The van der Waals surface area contributed by atoms with Crippen LogP contribution >= 0.6 is 0 Å². The molecule has 0 aliphatic carbocycles. The lowest BCUT2D eigenvalue weighted by Crippen LogP contribution is -2.46. The van der Waals surface area contributed by atoms with Gasteiger partial charge in [-0.05, 0) is 31.9 Å². The van der Waals surface area contributed by atoms with Gasteiger partial charge in [0.25, 0.3) is 5.91 Å². The third-order valence-corrected chi connectivity index (χ3v) is 3.46. The zero-order valence-corrected chi connectivity index (χ0v) is 10.4. The van der Waals surface area contributed by atoms with Crippen molar-refractivity contribution < 1.29 is 9.18 Å². The third kappa shape index (κ3) is 2.31. The molecule has 98 valence electrons. The number of amides is 1. The molecule has 2 rings (SSSR count). The number of primary amides is 1. The van der Waals surface area contributed by atoms with Crippen molar-refractivity contribution in [3.63, 3.8) is 0 Å². The molecule has 2 unspecified atom stereocenters. The summed E-state index contributed by atoms with van der Waals surface area (Å²) in [6, 6.07) is 4.93.